The highest BCUT2D eigenvalue weighted by Crippen LogP contribution is 2.27. The van der Waals surface area contributed by atoms with Gasteiger partial charge in [0.2, 0.25) is 0 Å². The number of ether oxygens (including phenoxy) is 3. The Morgan fingerprint density at radius 1 is 1.00 bits per heavy atom. The average Bonchev–Trinajstić information content (AvgIpc) is 2.44. The summed E-state index contributed by atoms with van der Waals surface area (Å²) < 4.78 is 15.5. The minimum Gasteiger partial charge on any atom is -0.394 e. The fourth-order valence-corrected chi connectivity index (χ4v) is 2.45. The van der Waals surface area contributed by atoms with E-state index in [1.807, 2.05) is 0 Å². The molecular weight excluding hydrogens is 288 g/mol. The zero-order valence-corrected chi connectivity index (χ0v) is 11.5. The van der Waals surface area contributed by atoms with Gasteiger partial charge in [-0.15, -0.1) is 0 Å². The zero-order chi connectivity index (χ0) is 15.7. The van der Waals surface area contributed by atoms with Gasteiger partial charge in [0.1, 0.15) is 30.5 Å². The van der Waals surface area contributed by atoms with Gasteiger partial charge < -0.3 is 44.8 Å². The lowest BCUT2D eigenvalue weighted by Gasteiger charge is -2.43. The highest BCUT2D eigenvalue weighted by atomic mass is 16.7. The van der Waals surface area contributed by atoms with E-state index in [1.54, 1.807) is 6.92 Å². The summed E-state index contributed by atoms with van der Waals surface area (Å²) in [6.07, 6.45) is -10.8. The lowest BCUT2D eigenvalue weighted by atomic mass is 9.98. The molecule has 0 aromatic heterocycles. The molecule has 9 atom stereocenters. The van der Waals surface area contributed by atoms with Gasteiger partial charge in [0.05, 0.1) is 18.8 Å². The molecule has 21 heavy (non-hydrogen) atoms. The van der Waals surface area contributed by atoms with Crippen molar-refractivity contribution >= 4 is 0 Å². The molecule has 0 saturated carbocycles. The Morgan fingerprint density at radius 3 is 2.29 bits per heavy atom. The van der Waals surface area contributed by atoms with Crippen LogP contribution in [0.15, 0.2) is 0 Å². The highest BCUT2D eigenvalue weighted by Gasteiger charge is 2.47. The average molecular weight is 310 g/mol. The molecule has 0 aliphatic carbocycles. The van der Waals surface area contributed by atoms with Crippen LogP contribution >= 0.6 is 0 Å². The van der Waals surface area contributed by atoms with E-state index >= 15 is 0 Å². The van der Waals surface area contributed by atoms with Gasteiger partial charge in [-0.1, -0.05) is 0 Å². The zero-order valence-electron chi connectivity index (χ0n) is 11.5. The molecule has 0 radical (unpaired) electrons. The van der Waals surface area contributed by atoms with Crippen LogP contribution in [0.1, 0.15) is 13.3 Å². The Hall–Kier alpha value is -0.360. The van der Waals surface area contributed by atoms with Gasteiger partial charge in [-0.3, -0.25) is 0 Å². The fourth-order valence-electron chi connectivity index (χ4n) is 2.45. The van der Waals surface area contributed by atoms with Crippen LogP contribution in [0.5, 0.6) is 0 Å². The molecule has 2 aliphatic heterocycles. The summed E-state index contributed by atoms with van der Waals surface area (Å²) >= 11 is 0. The highest BCUT2D eigenvalue weighted by molar-refractivity contribution is 4.91. The van der Waals surface area contributed by atoms with Crippen LogP contribution in [0.25, 0.3) is 0 Å². The number of hydrogen-bond donors (Lipinski definition) is 6. The molecular formula is C12H22O9. The lowest BCUT2D eigenvalue weighted by molar-refractivity contribution is -0.341. The summed E-state index contributed by atoms with van der Waals surface area (Å²) in [5, 5.41) is 57.8. The van der Waals surface area contributed by atoms with Crippen molar-refractivity contribution in [3.05, 3.63) is 0 Å². The molecule has 9 nitrogen and oxygen atoms in total. The smallest absolute Gasteiger partial charge is 0.184 e. The molecule has 6 N–H and O–H groups in total. The Labute approximate surface area is 121 Å². The number of hydrogen-bond acceptors (Lipinski definition) is 9. The molecule has 0 amide bonds. The first kappa shape index (κ1) is 17.0. The summed E-state index contributed by atoms with van der Waals surface area (Å²) in [4.78, 5) is 0. The summed E-state index contributed by atoms with van der Waals surface area (Å²) in [7, 11) is 0. The third-order valence-electron chi connectivity index (χ3n) is 3.82. The minimum atomic E-state index is -1.64. The predicted molar refractivity (Wildman–Crippen MR) is 65.8 cm³/mol. The van der Waals surface area contributed by atoms with Crippen molar-refractivity contribution in [2.24, 2.45) is 0 Å². The molecule has 124 valence electrons. The molecule has 0 bridgehead atoms. The van der Waals surface area contributed by atoms with E-state index in [1.165, 1.54) is 0 Å². The van der Waals surface area contributed by atoms with Crippen molar-refractivity contribution in [1.82, 2.24) is 0 Å². The van der Waals surface area contributed by atoms with E-state index < -0.39 is 61.9 Å². The van der Waals surface area contributed by atoms with Crippen LogP contribution in [0.4, 0.5) is 0 Å². The van der Waals surface area contributed by atoms with Crippen molar-refractivity contribution in [3.63, 3.8) is 0 Å². The summed E-state index contributed by atoms with van der Waals surface area (Å²) in [6.45, 7) is 1.02. The van der Waals surface area contributed by atoms with Crippen LogP contribution < -0.4 is 0 Å². The largest absolute Gasteiger partial charge is 0.394 e. The minimum absolute atomic E-state index is 0.0211. The number of rotatable bonds is 3. The van der Waals surface area contributed by atoms with E-state index in [9.17, 15) is 25.5 Å². The Bertz CT molecular complexity index is 341. The first-order valence-electron chi connectivity index (χ1n) is 6.82. The monoisotopic (exact) mass is 310 g/mol. The summed E-state index contributed by atoms with van der Waals surface area (Å²) in [5.41, 5.74) is 0. The molecule has 9 heteroatoms. The Morgan fingerprint density at radius 2 is 1.67 bits per heavy atom. The number of aliphatic hydroxyl groups is 6. The number of aliphatic hydroxyl groups excluding tert-OH is 6. The third-order valence-corrected chi connectivity index (χ3v) is 3.82. The van der Waals surface area contributed by atoms with Crippen molar-refractivity contribution < 1.29 is 44.8 Å². The molecule has 2 saturated heterocycles. The second kappa shape index (κ2) is 6.82. The maximum Gasteiger partial charge on any atom is 0.184 e. The molecule has 2 fully saturated rings. The van der Waals surface area contributed by atoms with E-state index in [-0.39, 0.29) is 6.42 Å². The maximum absolute atomic E-state index is 9.98. The molecule has 0 spiro atoms. The Kier molecular flexibility index (Phi) is 5.52. The van der Waals surface area contributed by atoms with Crippen LogP contribution in [-0.4, -0.2) is 92.6 Å². The molecule has 2 heterocycles. The predicted octanol–water partition coefficient (Wildman–Crippen LogP) is -3.34. The second-order valence-corrected chi connectivity index (χ2v) is 5.41. The normalized spacial score (nSPS) is 51.9. The molecule has 2 rings (SSSR count). The first-order valence-corrected chi connectivity index (χ1v) is 6.82. The summed E-state index contributed by atoms with van der Waals surface area (Å²) in [6, 6.07) is 0. The quantitative estimate of drug-likeness (QED) is 0.314. The van der Waals surface area contributed by atoms with E-state index in [0.29, 0.717) is 0 Å². The van der Waals surface area contributed by atoms with Crippen LogP contribution in [0, 0.1) is 0 Å². The first-order chi connectivity index (χ1) is 9.85. The molecule has 0 aromatic carbocycles. The third kappa shape index (κ3) is 3.52. The van der Waals surface area contributed by atoms with Crippen LogP contribution in [0.2, 0.25) is 0 Å². The van der Waals surface area contributed by atoms with Gasteiger partial charge in [0.15, 0.2) is 12.6 Å². The molecule has 1 unspecified atom stereocenters. The summed E-state index contributed by atoms with van der Waals surface area (Å²) in [5.74, 6) is 0. The van der Waals surface area contributed by atoms with Gasteiger partial charge >= 0.3 is 0 Å². The van der Waals surface area contributed by atoms with Gasteiger partial charge in [-0.05, 0) is 6.92 Å². The SMILES string of the molecule is C[C@@H]1O[C@@H](O[C@H]2[C@H](O)[C@@H](CO)OC(O)[C@H]2O)[C@@H](O)C[C@@H]1O. The molecule has 2 aliphatic rings. The molecule has 0 aromatic rings. The fraction of sp³-hybridized carbons (Fsp3) is 1.00. The van der Waals surface area contributed by atoms with E-state index in [4.69, 9.17) is 19.3 Å². The second-order valence-electron chi connectivity index (χ2n) is 5.41. The topological polar surface area (TPSA) is 149 Å². The lowest BCUT2D eigenvalue weighted by Crippen LogP contribution is -2.61. The van der Waals surface area contributed by atoms with Crippen molar-refractivity contribution in [2.45, 2.75) is 68.7 Å². The van der Waals surface area contributed by atoms with Gasteiger partial charge in [-0.2, -0.15) is 0 Å². The van der Waals surface area contributed by atoms with E-state index in [2.05, 4.69) is 0 Å². The van der Waals surface area contributed by atoms with Crippen molar-refractivity contribution in [1.29, 1.82) is 0 Å². The standard InChI is InChI=1S/C12H22O9/c1-4-5(14)2-6(15)12(19-4)21-10-8(16)7(3-13)20-11(18)9(10)17/h4-18H,2-3H2,1H3/t4-,5-,6-,7+,8+,9-,10-,11?,12-/m0/s1. The van der Waals surface area contributed by atoms with Gasteiger partial charge in [0, 0.05) is 6.42 Å². The Balaban J connectivity index is 2.05. The van der Waals surface area contributed by atoms with Crippen LogP contribution in [0.3, 0.4) is 0 Å². The van der Waals surface area contributed by atoms with Gasteiger partial charge in [-0.25, -0.2) is 0 Å². The maximum atomic E-state index is 9.98. The van der Waals surface area contributed by atoms with E-state index in [0.717, 1.165) is 0 Å². The van der Waals surface area contributed by atoms with Crippen LogP contribution in [-0.2, 0) is 14.2 Å². The van der Waals surface area contributed by atoms with Crippen molar-refractivity contribution in [2.75, 3.05) is 6.61 Å². The van der Waals surface area contributed by atoms with Gasteiger partial charge in [0.25, 0.3) is 0 Å². The van der Waals surface area contributed by atoms with Crippen molar-refractivity contribution in [3.8, 4) is 0 Å².